The number of hydrogen-bond donors (Lipinski definition) is 1. The van der Waals surface area contributed by atoms with Crippen LogP contribution in [0.5, 0.6) is 0 Å². The fourth-order valence-electron chi connectivity index (χ4n) is 4.96. The van der Waals surface area contributed by atoms with Crippen LogP contribution >= 0.6 is 0 Å². The number of benzene rings is 1. The van der Waals surface area contributed by atoms with Gasteiger partial charge in [0.25, 0.3) is 5.91 Å². The SMILES string of the molecule is Cc1ccc(-c2ncccn2)c(C(=O)N2C(CNc3cc(C(F)(F)F)ccn3)CC3CCC32)c1. The molecule has 1 aromatic carbocycles. The number of hydrogen-bond acceptors (Lipinski definition) is 5. The normalized spacial score (nSPS) is 21.6. The number of fused-ring (bicyclic) bond motifs is 1. The van der Waals surface area contributed by atoms with Gasteiger partial charge in [0.1, 0.15) is 5.82 Å². The van der Waals surface area contributed by atoms with Crippen LogP contribution in [0.4, 0.5) is 19.0 Å². The Balaban J connectivity index is 1.41. The molecule has 2 fully saturated rings. The van der Waals surface area contributed by atoms with Gasteiger partial charge in [-0.3, -0.25) is 4.79 Å². The van der Waals surface area contributed by atoms with Gasteiger partial charge in [-0.15, -0.1) is 0 Å². The second-order valence-corrected chi connectivity index (χ2v) is 8.94. The van der Waals surface area contributed by atoms with Crippen LogP contribution in [0.15, 0.2) is 55.0 Å². The van der Waals surface area contributed by atoms with Crippen LogP contribution in [0.2, 0.25) is 0 Å². The van der Waals surface area contributed by atoms with Crippen molar-refractivity contribution in [2.24, 2.45) is 5.92 Å². The van der Waals surface area contributed by atoms with Gasteiger partial charge in [0.05, 0.1) is 11.1 Å². The first-order valence-electron chi connectivity index (χ1n) is 11.3. The molecule has 1 aliphatic carbocycles. The summed E-state index contributed by atoms with van der Waals surface area (Å²) in [6.07, 6.45) is 2.78. The van der Waals surface area contributed by atoms with Crippen molar-refractivity contribution in [3.05, 3.63) is 71.7 Å². The summed E-state index contributed by atoms with van der Waals surface area (Å²) in [6, 6.07) is 9.32. The number of amides is 1. The van der Waals surface area contributed by atoms with E-state index in [4.69, 9.17) is 0 Å². The van der Waals surface area contributed by atoms with Crippen LogP contribution in [0.25, 0.3) is 11.4 Å². The zero-order valence-electron chi connectivity index (χ0n) is 18.6. The Kier molecular flexibility index (Phi) is 5.71. The van der Waals surface area contributed by atoms with Gasteiger partial charge in [-0.25, -0.2) is 15.0 Å². The van der Waals surface area contributed by atoms with Gasteiger partial charge in [0.2, 0.25) is 0 Å². The third-order valence-corrected chi connectivity index (χ3v) is 6.76. The Morgan fingerprint density at radius 2 is 1.88 bits per heavy atom. The first kappa shape index (κ1) is 22.3. The molecule has 1 N–H and O–H groups in total. The average Bonchev–Trinajstić information content (AvgIpc) is 3.06. The van der Waals surface area contributed by atoms with Crippen molar-refractivity contribution in [1.29, 1.82) is 0 Å². The fourth-order valence-corrected chi connectivity index (χ4v) is 4.96. The molecule has 3 unspecified atom stereocenters. The van der Waals surface area contributed by atoms with Gasteiger partial charge >= 0.3 is 6.18 Å². The highest BCUT2D eigenvalue weighted by atomic mass is 19.4. The number of carbonyl (C=O) groups is 1. The summed E-state index contributed by atoms with van der Waals surface area (Å²) in [7, 11) is 0. The van der Waals surface area contributed by atoms with Gasteiger partial charge in [0.15, 0.2) is 5.82 Å². The van der Waals surface area contributed by atoms with Gasteiger partial charge in [-0.05, 0) is 56.4 Å². The van der Waals surface area contributed by atoms with Crippen molar-refractivity contribution >= 4 is 11.7 Å². The van der Waals surface area contributed by atoms with E-state index in [0.717, 1.165) is 43.2 Å². The summed E-state index contributed by atoms with van der Waals surface area (Å²) in [4.78, 5) is 28.5. The number of rotatable bonds is 5. The quantitative estimate of drug-likeness (QED) is 0.574. The van der Waals surface area contributed by atoms with Crippen LogP contribution in [0, 0.1) is 12.8 Å². The van der Waals surface area contributed by atoms with Crippen LogP contribution in [-0.4, -0.2) is 44.4 Å². The number of pyridine rings is 1. The monoisotopic (exact) mass is 467 g/mol. The standard InChI is InChI=1S/C25H24F3N5O/c1-15-3-5-19(23-30-8-2-9-31-23)20(11-15)24(34)33-18(12-16-4-6-21(16)33)14-32-22-13-17(7-10-29-22)25(26,27)28/h2-3,5,7-11,13,16,18,21H,4,6,12,14H2,1H3,(H,29,32). The maximum Gasteiger partial charge on any atom is 0.416 e. The molecule has 2 aromatic heterocycles. The second kappa shape index (κ2) is 8.70. The number of nitrogens with zero attached hydrogens (tertiary/aromatic N) is 4. The second-order valence-electron chi connectivity index (χ2n) is 8.94. The first-order chi connectivity index (χ1) is 16.3. The van der Waals surface area contributed by atoms with E-state index in [9.17, 15) is 18.0 Å². The molecule has 0 spiro atoms. The number of alkyl halides is 3. The molecular weight excluding hydrogens is 443 g/mol. The zero-order chi connectivity index (χ0) is 23.9. The molecule has 3 heterocycles. The van der Waals surface area contributed by atoms with Gasteiger partial charge < -0.3 is 10.2 Å². The molecule has 0 bridgehead atoms. The van der Waals surface area contributed by atoms with Crippen LogP contribution < -0.4 is 5.32 Å². The lowest BCUT2D eigenvalue weighted by Crippen LogP contribution is -2.47. The van der Waals surface area contributed by atoms with E-state index in [-0.39, 0.29) is 23.8 Å². The summed E-state index contributed by atoms with van der Waals surface area (Å²) in [5.74, 6) is 0.946. The molecule has 3 aromatic rings. The molecular formula is C25H24F3N5O. The first-order valence-corrected chi connectivity index (χ1v) is 11.3. The zero-order valence-corrected chi connectivity index (χ0v) is 18.6. The lowest BCUT2D eigenvalue weighted by molar-refractivity contribution is -0.137. The van der Waals surface area contributed by atoms with E-state index in [1.165, 1.54) is 0 Å². The average molecular weight is 467 g/mol. The minimum Gasteiger partial charge on any atom is -0.368 e. The topological polar surface area (TPSA) is 71.0 Å². The van der Waals surface area contributed by atoms with E-state index >= 15 is 0 Å². The molecule has 6 nitrogen and oxygen atoms in total. The Morgan fingerprint density at radius 1 is 1.09 bits per heavy atom. The highest BCUT2D eigenvalue weighted by molar-refractivity contribution is 6.01. The van der Waals surface area contributed by atoms with Crippen molar-refractivity contribution in [2.45, 2.75) is 44.4 Å². The Morgan fingerprint density at radius 3 is 2.59 bits per heavy atom. The lowest BCUT2D eigenvalue weighted by Gasteiger charge is -2.38. The van der Waals surface area contributed by atoms with Crippen LogP contribution in [0.3, 0.4) is 0 Å². The molecule has 34 heavy (non-hydrogen) atoms. The van der Waals surface area contributed by atoms with Gasteiger partial charge in [0, 0.05) is 42.8 Å². The number of anilines is 1. The van der Waals surface area contributed by atoms with E-state index in [1.807, 2.05) is 30.0 Å². The Bertz CT molecular complexity index is 1200. The number of likely N-dealkylation sites (tertiary alicyclic amines) is 1. The molecule has 5 rings (SSSR count). The molecule has 1 saturated carbocycles. The minimum atomic E-state index is -4.44. The predicted molar refractivity (Wildman–Crippen MR) is 121 cm³/mol. The molecule has 1 aliphatic heterocycles. The summed E-state index contributed by atoms with van der Waals surface area (Å²) < 4.78 is 39.2. The maximum atomic E-state index is 13.9. The number of nitrogens with one attached hydrogen (secondary N) is 1. The Hall–Kier alpha value is -3.49. The molecule has 2 aliphatic rings. The molecule has 1 saturated heterocycles. The van der Waals surface area contributed by atoms with E-state index in [1.54, 1.807) is 18.5 Å². The van der Waals surface area contributed by atoms with Crippen molar-refractivity contribution in [3.8, 4) is 11.4 Å². The third-order valence-electron chi connectivity index (χ3n) is 6.76. The summed E-state index contributed by atoms with van der Waals surface area (Å²) in [5, 5.41) is 3.03. The van der Waals surface area contributed by atoms with Crippen LogP contribution in [-0.2, 0) is 6.18 Å². The van der Waals surface area contributed by atoms with E-state index in [2.05, 4.69) is 20.3 Å². The predicted octanol–water partition coefficient (Wildman–Crippen LogP) is 4.97. The number of aryl methyl sites for hydroxylation is 1. The third kappa shape index (κ3) is 4.22. The largest absolute Gasteiger partial charge is 0.416 e. The maximum absolute atomic E-state index is 13.9. The fraction of sp³-hybridized carbons (Fsp3) is 0.360. The van der Waals surface area contributed by atoms with Crippen molar-refractivity contribution in [2.75, 3.05) is 11.9 Å². The lowest BCUT2D eigenvalue weighted by atomic mass is 9.80. The van der Waals surface area contributed by atoms with E-state index in [0.29, 0.717) is 29.4 Å². The number of aromatic nitrogens is 3. The highest BCUT2D eigenvalue weighted by Gasteiger charge is 2.48. The summed E-state index contributed by atoms with van der Waals surface area (Å²) in [6.45, 7) is 2.26. The summed E-state index contributed by atoms with van der Waals surface area (Å²) in [5.41, 5.74) is 1.41. The van der Waals surface area contributed by atoms with Crippen LogP contribution in [0.1, 0.15) is 40.7 Å². The highest BCUT2D eigenvalue weighted by Crippen LogP contribution is 2.45. The van der Waals surface area contributed by atoms with Crippen molar-refractivity contribution in [1.82, 2.24) is 19.9 Å². The van der Waals surface area contributed by atoms with E-state index < -0.39 is 11.7 Å². The minimum absolute atomic E-state index is 0.0952. The number of halogens is 3. The van der Waals surface area contributed by atoms with Gasteiger partial charge in [-0.1, -0.05) is 17.7 Å². The molecule has 176 valence electrons. The number of carbonyl (C=O) groups excluding carboxylic acids is 1. The molecule has 0 radical (unpaired) electrons. The molecule has 3 atom stereocenters. The van der Waals surface area contributed by atoms with Crippen molar-refractivity contribution in [3.63, 3.8) is 0 Å². The Labute approximate surface area is 195 Å². The smallest absolute Gasteiger partial charge is 0.368 e. The molecule has 9 heteroatoms. The summed E-state index contributed by atoms with van der Waals surface area (Å²) >= 11 is 0. The molecule has 1 amide bonds. The van der Waals surface area contributed by atoms with Crippen molar-refractivity contribution < 1.29 is 18.0 Å². The van der Waals surface area contributed by atoms with Gasteiger partial charge in [-0.2, -0.15) is 13.2 Å².